The first kappa shape index (κ1) is 9.66. The van der Waals surface area contributed by atoms with E-state index in [1.165, 1.54) is 5.56 Å². The summed E-state index contributed by atoms with van der Waals surface area (Å²) in [5.41, 5.74) is 1.27. The molecule has 2 atom stereocenters. The number of rotatable bonds is 2. The second kappa shape index (κ2) is 4.09. The molecule has 0 unspecified atom stereocenters. The van der Waals surface area contributed by atoms with Gasteiger partial charge in [0.25, 0.3) is 0 Å². The van der Waals surface area contributed by atoms with Gasteiger partial charge in [0.1, 0.15) is 6.17 Å². The second-order valence-electron chi connectivity index (χ2n) is 4.10. The molecule has 1 saturated heterocycles. The first-order valence-electron chi connectivity index (χ1n) is 5.18. The third kappa shape index (κ3) is 2.13. The molecule has 2 rings (SSSR count). The van der Waals surface area contributed by atoms with Crippen LogP contribution in [0.15, 0.2) is 30.3 Å². The molecule has 0 spiro atoms. The number of likely N-dealkylation sites (tertiary alicyclic amines) is 1. The zero-order valence-corrected chi connectivity index (χ0v) is 8.49. The lowest BCUT2D eigenvalue weighted by molar-refractivity contribution is 0.246. The van der Waals surface area contributed by atoms with E-state index in [9.17, 15) is 4.39 Å². The number of hydrogen-bond donors (Lipinski definition) is 0. The molecule has 0 radical (unpaired) electrons. The Labute approximate surface area is 84.5 Å². The molecule has 1 aromatic carbocycles. The van der Waals surface area contributed by atoms with Gasteiger partial charge in [-0.05, 0) is 18.9 Å². The van der Waals surface area contributed by atoms with Gasteiger partial charge < -0.3 is 0 Å². The molecule has 0 aromatic heterocycles. The Hall–Kier alpha value is -0.890. The Kier molecular flexibility index (Phi) is 2.82. The highest BCUT2D eigenvalue weighted by atomic mass is 19.1. The van der Waals surface area contributed by atoms with E-state index in [0.29, 0.717) is 19.0 Å². The summed E-state index contributed by atoms with van der Waals surface area (Å²) in [7, 11) is 0. The SMILES string of the molecule is C[C@H]1C[C@@H](F)CN1Cc1ccccc1. The van der Waals surface area contributed by atoms with Crippen molar-refractivity contribution in [2.24, 2.45) is 0 Å². The van der Waals surface area contributed by atoms with Gasteiger partial charge in [-0.2, -0.15) is 0 Å². The molecule has 1 heterocycles. The van der Waals surface area contributed by atoms with Crippen LogP contribution in [0.5, 0.6) is 0 Å². The molecule has 0 saturated carbocycles. The number of nitrogens with zero attached hydrogens (tertiary/aromatic N) is 1. The van der Waals surface area contributed by atoms with Gasteiger partial charge in [-0.15, -0.1) is 0 Å². The molecule has 0 aliphatic carbocycles. The zero-order valence-electron chi connectivity index (χ0n) is 8.49. The Morgan fingerprint density at radius 3 is 2.64 bits per heavy atom. The van der Waals surface area contributed by atoms with Crippen molar-refractivity contribution >= 4 is 0 Å². The molecule has 1 fully saturated rings. The van der Waals surface area contributed by atoms with E-state index in [0.717, 1.165) is 6.54 Å². The molecular formula is C12H16FN. The molecule has 1 aliphatic heterocycles. The van der Waals surface area contributed by atoms with Gasteiger partial charge in [0.15, 0.2) is 0 Å². The van der Waals surface area contributed by atoms with Crippen LogP contribution in [0.4, 0.5) is 4.39 Å². The summed E-state index contributed by atoms with van der Waals surface area (Å²) in [6.07, 6.45) is 0.0565. The fourth-order valence-electron chi connectivity index (χ4n) is 2.07. The maximum absolute atomic E-state index is 13.1. The fraction of sp³-hybridized carbons (Fsp3) is 0.500. The summed E-state index contributed by atoms with van der Waals surface area (Å²) in [4.78, 5) is 2.21. The number of hydrogen-bond acceptors (Lipinski definition) is 1. The van der Waals surface area contributed by atoms with Crippen molar-refractivity contribution in [1.82, 2.24) is 4.90 Å². The van der Waals surface area contributed by atoms with E-state index in [1.807, 2.05) is 18.2 Å². The van der Waals surface area contributed by atoms with Crippen LogP contribution in [-0.4, -0.2) is 23.7 Å². The summed E-state index contributed by atoms with van der Waals surface area (Å²) >= 11 is 0. The van der Waals surface area contributed by atoms with Gasteiger partial charge in [0.2, 0.25) is 0 Å². The minimum Gasteiger partial charge on any atom is -0.293 e. The van der Waals surface area contributed by atoms with Crippen LogP contribution in [0.2, 0.25) is 0 Å². The summed E-state index contributed by atoms with van der Waals surface area (Å²) in [5, 5.41) is 0. The van der Waals surface area contributed by atoms with Crippen LogP contribution in [0, 0.1) is 0 Å². The van der Waals surface area contributed by atoms with Gasteiger partial charge in [-0.25, -0.2) is 4.39 Å². The number of benzene rings is 1. The maximum atomic E-state index is 13.1. The fourth-order valence-corrected chi connectivity index (χ4v) is 2.07. The van der Waals surface area contributed by atoms with Gasteiger partial charge in [-0.1, -0.05) is 30.3 Å². The van der Waals surface area contributed by atoms with Crippen LogP contribution < -0.4 is 0 Å². The highest BCUT2D eigenvalue weighted by Gasteiger charge is 2.28. The van der Waals surface area contributed by atoms with Crippen molar-refractivity contribution in [3.63, 3.8) is 0 Å². The summed E-state index contributed by atoms with van der Waals surface area (Å²) in [6.45, 7) is 3.57. The van der Waals surface area contributed by atoms with Crippen molar-refractivity contribution in [3.05, 3.63) is 35.9 Å². The van der Waals surface area contributed by atoms with E-state index in [1.54, 1.807) is 0 Å². The molecule has 1 nitrogen and oxygen atoms in total. The normalized spacial score (nSPS) is 28.1. The van der Waals surface area contributed by atoms with Gasteiger partial charge in [-0.3, -0.25) is 4.90 Å². The minimum absolute atomic E-state index is 0.380. The lowest BCUT2D eigenvalue weighted by Gasteiger charge is -2.20. The van der Waals surface area contributed by atoms with E-state index < -0.39 is 6.17 Å². The van der Waals surface area contributed by atoms with Crippen molar-refractivity contribution in [3.8, 4) is 0 Å². The van der Waals surface area contributed by atoms with Crippen LogP contribution in [0.25, 0.3) is 0 Å². The van der Waals surface area contributed by atoms with Crippen LogP contribution in [-0.2, 0) is 6.54 Å². The van der Waals surface area contributed by atoms with Crippen molar-refractivity contribution in [2.75, 3.05) is 6.54 Å². The van der Waals surface area contributed by atoms with Crippen LogP contribution >= 0.6 is 0 Å². The first-order chi connectivity index (χ1) is 6.75. The van der Waals surface area contributed by atoms with E-state index >= 15 is 0 Å². The molecule has 1 aromatic rings. The summed E-state index contributed by atoms with van der Waals surface area (Å²) in [5.74, 6) is 0. The van der Waals surface area contributed by atoms with E-state index in [2.05, 4.69) is 24.0 Å². The van der Waals surface area contributed by atoms with Crippen molar-refractivity contribution in [1.29, 1.82) is 0 Å². The largest absolute Gasteiger partial charge is 0.293 e. The van der Waals surface area contributed by atoms with Crippen LogP contribution in [0.1, 0.15) is 18.9 Å². The predicted octanol–water partition coefficient (Wildman–Crippen LogP) is 2.62. The molecule has 76 valence electrons. The Balaban J connectivity index is 1.98. The molecule has 0 bridgehead atoms. The quantitative estimate of drug-likeness (QED) is 0.698. The number of alkyl halides is 1. The Morgan fingerprint density at radius 1 is 1.36 bits per heavy atom. The highest BCUT2D eigenvalue weighted by molar-refractivity contribution is 5.14. The molecule has 2 heteroatoms. The first-order valence-corrected chi connectivity index (χ1v) is 5.18. The predicted molar refractivity (Wildman–Crippen MR) is 55.8 cm³/mol. The monoisotopic (exact) mass is 193 g/mol. The summed E-state index contributed by atoms with van der Waals surface area (Å²) in [6, 6.07) is 10.6. The molecule has 14 heavy (non-hydrogen) atoms. The van der Waals surface area contributed by atoms with E-state index in [-0.39, 0.29) is 0 Å². The third-order valence-electron chi connectivity index (χ3n) is 2.88. The Morgan fingerprint density at radius 2 is 2.07 bits per heavy atom. The van der Waals surface area contributed by atoms with Crippen molar-refractivity contribution in [2.45, 2.75) is 32.1 Å². The zero-order chi connectivity index (χ0) is 9.97. The van der Waals surface area contributed by atoms with Crippen molar-refractivity contribution < 1.29 is 4.39 Å². The highest BCUT2D eigenvalue weighted by Crippen LogP contribution is 2.21. The standard InChI is InChI=1S/C12H16FN/c1-10-7-12(13)9-14(10)8-11-5-3-2-4-6-11/h2-6,10,12H,7-9H2,1H3/t10-,12+/m0/s1. The lowest BCUT2D eigenvalue weighted by atomic mass is 10.2. The second-order valence-corrected chi connectivity index (χ2v) is 4.10. The van der Waals surface area contributed by atoms with E-state index in [4.69, 9.17) is 0 Å². The van der Waals surface area contributed by atoms with Crippen LogP contribution in [0.3, 0.4) is 0 Å². The molecular weight excluding hydrogens is 177 g/mol. The average Bonchev–Trinajstić information content (AvgIpc) is 2.47. The topological polar surface area (TPSA) is 3.24 Å². The Bertz CT molecular complexity index is 286. The van der Waals surface area contributed by atoms with Gasteiger partial charge in [0.05, 0.1) is 0 Å². The summed E-state index contributed by atoms with van der Waals surface area (Å²) < 4.78 is 13.1. The maximum Gasteiger partial charge on any atom is 0.114 e. The van der Waals surface area contributed by atoms with Gasteiger partial charge >= 0.3 is 0 Å². The molecule has 0 amide bonds. The molecule has 0 N–H and O–H groups in total. The third-order valence-corrected chi connectivity index (χ3v) is 2.88. The number of halogens is 1. The molecule has 1 aliphatic rings. The minimum atomic E-state index is -0.631. The lowest BCUT2D eigenvalue weighted by Crippen LogP contribution is -2.26. The van der Waals surface area contributed by atoms with Gasteiger partial charge in [0, 0.05) is 19.1 Å². The smallest absolute Gasteiger partial charge is 0.114 e. The average molecular weight is 193 g/mol.